The van der Waals surface area contributed by atoms with Gasteiger partial charge in [0.15, 0.2) is 5.65 Å². The van der Waals surface area contributed by atoms with Gasteiger partial charge < -0.3 is 9.30 Å². The summed E-state index contributed by atoms with van der Waals surface area (Å²) in [5.74, 6) is 1.96. The lowest BCUT2D eigenvalue weighted by Crippen LogP contribution is -2.21. The van der Waals surface area contributed by atoms with Crippen LogP contribution >= 0.6 is 23.4 Å². The Morgan fingerprint density at radius 3 is 2.67 bits per heavy atom. The molecule has 6 heteroatoms. The molecule has 1 fully saturated rings. The fourth-order valence-corrected chi connectivity index (χ4v) is 4.07. The second-order valence-electron chi connectivity index (χ2n) is 5.39. The summed E-state index contributed by atoms with van der Waals surface area (Å²) in [4.78, 5) is 9.22. The second kappa shape index (κ2) is 6.44. The molecule has 0 spiro atoms. The molecule has 114 valence electrons. The van der Waals surface area contributed by atoms with Crippen LogP contribution in [-0.2, 0) is 5.88 Å². The largest absolute Gasteiger partial charge is 0.481 e. The molecule has 0 aromatic carbocycles. The summed E-state index contributed by atoms with van der Waals surface area (Å²) in [6, 6.07) is 4.26. The van der Waals surface area contributed by atoms with Gasteiger partial charge in [-0.05, 0) is 38.0 Å². The van der Waals surface area contributed by atoms with Crippen LogP contribution in [0.4, 0.5) is 0 Å². The van der Waals surface area contributed by atoms with Gasteiger partial charge in [-0.15, -0.1) is 11.6 Å². The molecular formula is C15H20ClN3OS. The Bertz CT molecular complexity index is 623. The number of nitrogens with zero attached hydrogens (tertiary/aromatic N) is 3. The van der Waals surface area contributed by atoms with E-state index in [9.17, 15) is 0 Å². The number of pyridine rings is 1. The Labute approximate surface area is 134 Å². The molecule has 2 aromatic rings. The van der Waals surface area contributed by atoms with Crippen LogP contribution in [-0.4, -0.2) is 33.2 Å². The molecule has 3 rings (SSSR count). The third-order valence-corrected chi connectivity index (χ3v) is 5.63. The fraction of sp³-hybridized carbons (Fsp3) is 0.600. The molecule has 0 aliphatic heterocycles. The summed E-state index contributed by atoms with van der Waals surface area (Å²) in [5.41, 5.74) is 1.80. The average Bonchev–Trinajstić information content (AvgIpc) is 2.92. The Balaban J connectivity index is 1.99. The third kappa shape index (κ3) is 2.86. The van der Waals surface area contributed by atoms with Crippen molar-refractivity contribution >= 4 is 34.5 Å². The first-order valence-electron chi connectivity index (χ1n) is 7.27. The molecule has 0 saturated heterocycles. The molecule has 2 heterocycles. The fourth-order valence-electron chi connectivity index (χ4n) is 3.13. The molecule has 0 amide bonds. The summed E-state index contributed by atoms with van der Waals surface area (Å²) in [6.07, 6.45) is 7.03. The van der Waals surface area contributed by atoms with Crippen molar-refractivity contribution in [2.45, 2.75) is 42.9 Å². The van der Waals surface area contributed by atoms with Gasteiger partial charge in [0.1, 0.15) is 11.3 Å². The molecule has 0 N–H and O–H groups in total. The van der Waals surface area contributed by atoms with Crippen molar-refractivity contribution in [2.75, 3.05) is 13.4 Å². The smallest absolute Gasteiger partial charge is 0.215 e. The molecular weight excluding hydrogens is 306 g/mol. The van der Waals surface area contributed by atoms with Crippen molar-refractivity contribution in [2.24, 2.45) is 0 Å². The minimum atomic E-state index is 0.418. The van der Waals surface area contributed by atoms with E-state index in [0.29, 0.717) is 17.8 Å². The topological polar surface area (TPSA) is 39.9 Å². The monoisotopic (exact) mass is 325 g/mol. The van der Waals surface area contributed by atoms with Crippen molar-refractivity contribution in [1.29, 1.82) is 0 Å². The highest BCUT2D eigenvalue weighted by Crippen LogP contribution is 2.36. The van der Waals surface area contributed by atoms with E-state index in [1.165, 1.54) is 25.7 Å². The van der Waals surface area contributed by atoms with Gasteiger partial charge in [-0.25, -0.2) is 4.98 Å². The number of alkyl halides is 1. The number of methoxy groups -OCH3 is 1. The predicted molar refractivity (Wildman–Crippen MR) is 88.4 cm³/mol. The highest BCUT2D eigenvalue weighted by Gasteiger charge is 2.25. The maximum Gasteiger partial charge on any atom is 0.215 e. The molecule has 1 aliphatic carbocycles. The van der Waals surface area contributed by atoms with E-state index in [1.54, 1.807) is 7.11 Å². The van der Waals surface area contributed by atoms with E-state index in [2.05, 4.69) is 20.8 Å². The molecule has 2 aromatic heterocycles. The first kappa shape index (κ1) is 15.0. The van der Waals surface area contributed by atoms with Gasteiger partial charge in [-0.2, -0.15) is 16.7 Å². The zero-order valence-electron chi connectivity index (χ0n) is 12.4. The van der Waals surface area contributed by atoms with E-state index >= 15 is 0 Å². The number of rotatable bonds is 4. The molecule has 0 unspecified atom stereocenters. The Hall–Kier alpha value is -0.940. The number of thioether (sulfide) groups is 1. The van der Waals surface area contributed by atoms with Gasteiger partial charge in [0.2, 0.25) is 5.88 Å². The van der Waals surface area contributed by atoms with Gasteiger partial charge in [-0.3, -0.25) is 0 Å². The second-order valence-corrected chi connectivity index (χ2v) is 6.80. The summed E-state index contributed by atoms with van der Waals surface area (Å²) >= 11 is 8.08. The minimum Gasteiger partial charge on any atom is -0.481 e. The maximum atomic E-state index is 6.11. The Morgan fingerprint density at radius 1 is 1.29 bits per heavy atom. The standard InChI is InChI=1S/C15H20ClN3OS/c1-20-14-8-7-12-15(18-14)19(13(9-16)17-12)10-3-5-11(21-2)6-4-10/h7-8,10-11H,3-6,9H2,1-2H3. The molecule has 0 radical (unpaired) electrons. The van der Waals surface area contributed by atoms with E-state index in [1.807, 2.05) is 23.9 Å². The molecule has 21 heavy (non-hydrogen) atoms. The normalized spacial score (nSPS) is 22.6. The third-order valence-electron chi connectivity index (χ3n) is 4.26. The predicted octanol–water partition coefficient (Wildman–Crippen LogP) is 4.03. The van der Waals surface area contributed by atoms with Crippen LogP contribution in [0.15, 0.2) is 12.1 Å². The maximum absolute atomic E-state index is 6.11. The zero-order valence-corrected chi connectivity index (χ0v) is 14.0. The van der Waals surface area contributed by atoms with Gasteiger partial charge in [0.25, 0.3) is 0 Å². The molecule has 1 aliphatic rings. The Kier molecular flexibility index (Phi) is 4.60. The lowest BCUT2D eigenvalue weighted by molar-refractivity contribution is 0.357. The van der Waals surface area contributed by atoms with Crippen LogP contribution in [0.3, 0.4) is 0 Å². The highest BCUT2D eigenvalue weighted by molar-refractivity contribution is 7.99. The van der Waals surface area contributed by atoms with Crippen molar-refractivity contribution < 1.29 is 4.74 Å². The number of halogens is 1. The minimum absolute atomic E-state index is 0.418. The molecule has 4 nitrogen and oxygen atoms in total. The summed E-state index contributed by atoms with van der Waals surface area (Å²) in [6.45, 7) is 0. The van der Waals surface area contributed by atoms with Crippen LogP contribution in [0.1, 0.15) is 37.5 Å². The number of aromatic nitrogens is 3. The molecule has 0 atom stereocenters. The van der Waals surface area contributed by atoms with Crippen LogP contribution in [0.5, 0.6) is 5.88 Å². The highest BCUT2D eigenvalue weighted by atomic mass is 35.5. The van der Waals surface area contributed by atoms with Crippen molar-refractivity contribution in [3.63, 3.8) is 0 Å². The zero-order chi connectivity index (χ0) is 14.8. The van der Waals surface area contributed by atoms with Crippen molar-refractivity contribution in [3.05, 3.63) is 18.0 Å². The summed E-state index contributed by atoms with van der Waals surface area (Å²) in [5, 5.41) is 0.790. The van der Waals surface area contributed by atoms with E-state index in [-0.39, 0.29) is 0 Å². The SMILES string of the molecule is COc1ccc2nc(CCl)n(C3CCC(SC)CC3)c2n1. The number of hydrogen-bond acceptors (Lipinski definition) is 4. The summed E-state index contributed by atoms with van der Waals surface area (Å²) < 4.78 is 7.49. The van der Waals surface area contributed by atoms with Gasteiger partial charge in [-0.1, -0.05) is 0 Å². The van der Waals surface area contributed by atoms with Crippen LogP contribution in [0.25, 0.3) is 11.2 Å². The lowest BCUT2D eigenvalue weighted by atomic mass is 9.94. The lowest BCUT2D eigenvalue weighted by Gasteiger charge is -2.29. The quantitative estimate of drug-likeness (QED) is 0.796. The number of ether oxygens (including phenoxy) is 1. The molecule has 1 saturated carbocycles. The Morgan fingerprint density at radius 2 is 2.05 bits per heavy atom. The number of imidazole rings is 1. The summed E-state index contributed by atoms with van der Waals surface area (Å²) in [7, 11) is 1.64. The first-order valence-corrected chi connectivity index (χ1v) is 9.09. The average molecular weight is 326 g/mol. The van der Waals surface area contributed by atoms with Gasteiger partial charge in [0.05, 0.1) is 13.0 Å². The van der Waals surface area contributed by atoms with Crippen LogP contribution < -0.4 is 4.74 Å². The van der Waals surface area contributed by atoms with Crippen LogP contribution in [0.2, 0.25) is 0 Å². The van der Waals surface area contributed by atoms with Gasteiger partial charge >= 0.3 is 0 Å². The first-order chi connectivity index (χ1) is 10.3. The van der Waals surface area contributed by atoms with E-state index in [4.69, 9.17) is 16.3 Å². The van der Waals surface area contributed by atoms with Gasteiger partial charge in [0, 0.05) is 17.4 Å². The van der Waals surface area contributed by atoms with Crippen molar-refractivity contribution in [3.8, 4) is 5.88 Å². The number of fused-ring (bicyclic) bond motifs is 1. The van der Waals surface area contributed by atoms with Crippen molar-refractivity contribution in [1.82, 2.24) is 14.5 Å². The van der Waals surface area contributed by atoms with E-state index in [0.717, 1.165) is 22.2 Å². The van der Waals surface area contributed by atoms with E-state index < -0.39 is 0 Å². The van der Waals surface area contributed by atoms with Crippen LogP contribution in [0, 0.1) is 0 Å². The molecule has 0 bridgehead atoms. The number of hydrogen-bond donors (Lipinski definition) is 0.